The Morgan fingerprint density at radius 1 is 1.59 bits per heavy atom. The Labute approximate surface area is 100 Å². The molecule has 0 spiro atoms. The van der Waals surface area contributed by atoms with Gasteiger partial charge in [0.15, 0.2) is 6.10 Å². The number of likely N-dealkylation sites (N-methyl/N-ethyl adjacent to an activating group) is 1. The van der Waals surface area contributed by atoms with E-state index in [1.54, 1.807) is 7.05 Å². The van der Waals surface area contributed by atoms with Crippen molar-refractivity contribution in [3.8, 4) is 0 Å². The Morgan fingerprint density at radius 2 is 2.24 bits per heavy atom. The van der Waals surface area contributed by atoms with Gasteiger partial charge in [-0.25, -0.2) is 9.59 Å². The number of amides is 2. The van der Waals surface area contributed by atoms with Crippen LogP contribution >= 0.6 is 0 Å². The zero-order valence-electron chi connectivity index (χ0n) is 10.2. The van der Waals surface area contributed by atoms with E-state index in [2.05, 4.69) is 6.58 Å². The molecule has 0 aliphatic carbocycles. The lowest BCUT2D eigenvalue weighted by Gasteiger charge is -2.33. The minimum Gasteiger partial charge on any atom is -0.479 e. The van der Waals surface area contributed by atoms with Gasteiger partial charge in [0.2, 0.25) is 0 Å². The molecule has 1 heterocycles. The van der Waals surface area contributed by atoms with Crippen LogP contribution in [0.2, 0.25) is 0 Å². The molecular weight excluding hydrogens is 224 g/mol. The van der Waals surface area contributed by atoms with E-state index in [0.717, 1.165) is 5.57 Å². The molecule has 1 N–H and O–H groups in total. The normalized spacial score (nSPS) is 19.9. The fourth-order valence-electron chi connectivity index (χ4n) is 1.69. The van der Waals surface area contributed by atoms with Crippen LogP contribution in [0.4, 0.5) is 4.79 Å². The van der Waals surface area contributed by atoms with Gasteiger partial charge in [0, 0.05) is 20.1 Å². The van der Waals surface area contributed by atoms with Gasteiger partial charge < -0.3 is 19.6 Å². The Morgan fingerprint density at radius 3 is 2.76 bits per heavy atom. The third kappa shape index (κ3) is 3.74. The summed E-state index contributed by atoms with van der Waals surface area (Å²) in [5, 5.41) is 8.83. The highest BCUT2D eigenvalue weighted by Crippen LogP contribution is 2.08. The molecule has 6 nitrogen and oxygen atoms in total. The fourth-order valence-corrected chi connectivity index (χ4v) is 1.69. The fraction of sp³-hybridized carbons (Fsp3) is 0.636. The maximum atomic E-state index is 12.0. The zero-order chi connectivity index (χ0) is 13.0. The number of nitrogens with zero attached hydrogens (tertiary/aromatic N) is 2. The molecule has 1 fully saturated rings. The van der Waals surface area contributed by atoms with E-state index in [1.165, 1.54) is 9.80 Å². The second-order valence-corrected chi connectivity index (χ2v) is 4.24. The topological polar surface area (TPSA) is 70.1 Å². The van der Waals surface area contributed by atoms with Gasteiger partial charge in [-0.3, -0.25) is 0 Å². The van der Waals surface area contributed by atoms with Crippen molar-refractivity contribution in [2.24, 2.45) is 0 Å². The van der Waals surface area contributed by atoms with Crippen molar-refractivity contribution in [1.29, 1.82) is 0 Å². The number of rotatable bonds is 3. The predicted octanol–water partition coefficient (Wildman–Crippen LogP) is 0.400. The minimum absolute atomic E-state index is 0.0920. The molecule has 1 saturated heterocycles. The molecule has 1 aliphatic heterocycles. The Hall–Kier alpha value is -1.56. The lowest BCUT2D eigenvalue weighted by molar-refractivity contribution is -0.154. The highest BCUT2D eigenvalue weighted by molar-refractivity contribution is 5.77. The zero-order valence-corrected chi connectivity index (χ0v) is 10.2. The van der Waals surface area contributed by atoms with Crippen molar-refractivity contribution in [1.82, 2.24) is 9.80 Å². The van der Waals surface area contributed by atoms with E-state index in [4.69, 9.17) is 9.84 Å². The summed E-state index contributed by atoms with van der Waals surface area (Å²) >= 11 is 0. The number of carboxylic acid groups (broad SMARTS) is 1. The average Bonchev–Trinajstić information content (AvgIpc) is 2.27. The van der Waals surface area contributed by atoms with Gasteiger partial charge in [-0.2, -0.15) is 0 Å². The predicted molar refractivity (Wildman–Crippen MR) is 61.8 cm³/mol. The Bertz CT molecular complexity index is 329. The quantitative estimate of drug-likeness (QED) is 0.727. The summed E-state index contributed by atoms with van der Waals surface area (Å²) in [6.07, 6.45) is -0.925. The van der Waals surface area contributed by atoms with Crippen LogP contribution in [0.5, 0.6) is 0 Å². The van der Waals surface area contributed by atoms with Crippen molar-refractivity contribution in [3.63, 3.8) is 0 Å². The first-order chi connectivity index (χ1) is 7.91. The SMILES string of the molecule is C=C(C)CN(C)C(=O)N1CCOC(C(=O)O)C1. The second-order valence-electron chi connectivity index (χ2n) is 4.24. The summed E-state index contributed by atoms with van der Waals surface area (Å²) in [5.41, 5.74) is 0.879. The van der Waals surface area contributed by atoms with E-state index in [-0.39, 0.29) is 19.2 Å². The summed E-state index contributed by atoms with van der Waals surface area (Å²) in [5.74, 6) is -1.04. The maximum Gasteiger partial charge on any atom is 0.334 e. The number of hydrogen-bond acceptors (Lipinski definition) is 3. The molecule has 0 aromatic rings. The lowest BCUT2D eigenvalue weighted by Crippen LogP contribution is -2.52. The van der Waals surface area contributed by atoms with Crippen molar-refractivity contribution in [2.45, 2.75) is 13.0 Å². The average molecular weight is 242 g/mol. The highest BCUT2D eigenvalue weighted by atomic mass is 16.5. The van der Waals surface area contributed by atoms with Gasteiger partial charge in [0.25, 0.3) is 0 Å². The molecule has 96 valence electrons. The van der Waals surface area contributed by atoms with Crippen molar-refractivity contribution < 1.29 is 19.4 Å². The first-order valence-electron chi connectivity index (χ1n) is 5.40. The molecule has 1 aliphatic rings. The number of carboxylic acids is 1. The van der Waals surface area contributed by atoms with Crippen LogP contribution in [0.15, 0.2) is 12.2 Å². The Kier molecular flexibility index (Phi) is 4.51. The van der Waals surface area contributed by atoms with Gasteiger partial charge >= 0.3 is 12.0 Å². The molecular formula is C11H18N2O4. The lowest BCUT2D eigenvalue weighted by atomic mass is 10.3. The molecule has 17 heavy (non-hydrogen) atoms. The van der Waals surface area contributed by atoms with Gasteiger partial charge in [0.05, 0.1) is 13.2 Å². The molecule has 6 heteroatoms. The van der Waals surface area contributed by atoms with Gasteiger partial charge in [-0.15, -0.1) is 0 Å². The third-order valence-electron chi connectivity index (χ3n) is 2.45. The monoisotopic (exact) mass is 242 g/mol. The van der Waals surface area contributed by atoms with E-state index in [9.17, 15) is 9.59 Å². The molecule has 1 rings (SSSR count). The number of morpholine rings is 1. The Balaban J connectivity index is 2.57. The highest BCUT2D eigenvalue weighted by Gasteiger charge is 2.30. The number of carbonyl (C=O) groups excluding carboxylic acids is 1. The van der Waals surface area contributed by atoms with Gasteiger partial charge in [-0.05, 0) is 6.92 Å². The van der Waals surface area contributed by atoms with Gasteiger partial charge in [0.1, 0.15) is 0 Å². The number of aliphatic carboxylic acids is 1. The van der Waals surface area contributed by atoms with Crippen LogP contribution in [0.1, 0.15) is 6.92 Å². The molecule has 0 radical (unpaired) electrons. The van der Waals surface area contributed by atoms with E-state index in [0.29, 0.717) is 13.1 Å². The van der Waals surface area contributed by atoms with Crippen LogP contribution in [-0.4, -0.2) is 66.3 Å². The summed E-state index contributed by atoms with van der Waals surface area (Å²) in [6, 6.07) is -0.192. The van der Waals surface area contributed by atoms with E-state index in [1.807, 2.05) is 6.92 Å². The minimum atomic E-state index is -1.04. The summed E-state index contributed by atoms with van der Waals surface area (Å²) < 4.78 is 5.05. The van der Waals surface area contributed by atoms with E-state index >= 15 is 0 Å². The van der Waals surface area contributed by atoms with Crippen LogP contribution in [0.3, 0.4) is 0 Å². The maximum absolute atomic E-state index is 12.0. The number of urea groups is 1. The van der Waals surface area contributed by atoms with Gasteiger partial charge in [-0.1, -0.05) is 12.2 Å². The first-order valence-corrected chi connectivity index (χ1v) is 5.40. The van der Waals surface area contributed by atoms with Crippen LogP contribution in [0, 0.1) is 0 Å². The summed E-state index contributed by atoms with van der Waals surface area (Å²) in [4.78, 5) is 25.8. The number of carbonyl (C=O) groups is 2. The number of ether oxygens (including phenoxy) is 1. The first kappa shape index (κ1) is 13.5. The van der Waals surface area contributed by atoms with Crippen molar-refractivity contribution >= 4 is 12.0 Å². The summed E-state index contributed by atoms with van der Waals surface area (Å²) in [6.45, 7) is 6.80. The molecule has 1 atom stereocenters. The summed E-state index contributed by atoms with van der Waals surface area (Å²) in [7, 11) is 1.67. The third-order valence-corrected chi connectivity index (χ3v) is 2.45. The standard InChI is InChI=1S/C11H18N2O4/c1-8(2)6-12(3)11(16)13-4-5-17-9(7-13)10(14)15/h9H,1,4-7H2,2-3H3,(H,14,15). The van der Waals surface area contributed by atoms with E-state index < -0.39 is 12.1 Å². The van der Waals surface area contributed by atoms with Crippen molar-refractivity contribution in [3.05, 3.63) is 12.2 Å². The molecule has 0 bridgehead atoms. The second kappa shape index (κ2) is 5.67. The van der Waals surface area contributed by atoms with Crippen LogP contribution in [-0.2, 0) is 9.53 Å². The smallest absolute Gasteiger partial charge is 0.334 e. The van der Waals surface area contributed by atoms with Crippen LogP contribution in [0.25, 0.3) is 0 Å². The van der Waals surface area contributed by atoms with Crippen LogP contribution < -0.4 is 0 Å². The number of hydrogen-bond donors (Lipinski definition) is 1. The largest absolute Gasteiger partial charge is 0.479 e. The van der Waals surface area contributed by atoms with Crippen molar-refractivity contribution in [2.75, 3.05) is 33.3 Å². The molecule has 0 aromatic heterocycles. The molecule has 0 saturated carbocycles. The molecule has 0 aromatic carbocycles. The molecule has 1 unspecified atom stereocenters. The molecule has 2 amide bonds.